The molecule has 28 heavy (non-hydrogen) atoms. The van der Waals surface area contributed by atoms with Crippen LogP contribution in [-0.2, 0) is 16.0 Å². The van der Waals surface area contributed by atoms with Crippen molar-refractivity contribution in [1.82, 2.24) is 4.90 Å². The van der Waals surface area contributed by atoms with Gasteiger partial charge < -0.3 is 24.2 Å². The first-order valence-corrected chi connectivity index (χ1v) is 8.78. The number of benzene rings is 2. The van der Waals surface area contributed by atoms with E-state index in [9.17, 15) is 14.7 Å². The normalized spacial score (nSPS) is 10.3. The van der Waals surface area contributed by atoms with Crippen molar-refractivity contribution < 1.29 is 28.9 Å². The lowest BCUT2D eigenvalue weighted by molar-refractivity contribution is -0.133. The Morgan fingerprint density at radius 1 is 1.07 bits per heavy atom. The van der Waals surface area contributed by atoms with Gasteiger partial charge in [-0.1, -0.05) is 18.2 Å². The lowest BCUT2D eigenvalue weighted by Gasteiger charge is -2.18. The molecule has 0 aliphatic carbocycles. The zero-order chi connectivity index (χ0) is 20.7. The zero-order valence-electron chi connectivity index (χ0n) is 16.5. The topological polar surface area (TPSA) is 85.3 Å². The van der Waals surface area contributed by atoms with E-state index >= 15 is 0 Å². The van der Waals surface area contributed by atoms with Crippen LogP contribution in [0.5, 0.6) is 17.2 Å². The molecular weight excluding hydrogens is 362 g/mol. The summed E-state index contributed by atoms with van der Waals surface area (Å²) in [5, 5.41) is 9.92. The molecule has 2 rings (SSSR count). The summed E-state index contributed by atoms with van der Waals surface area (Å²) in [4.78, 5) is 25.8. The molecule has 150 valence electrons. The molecular formula is C21H25NO6. The van der Waals surface area contributed by atoms with E-state index in [2.05, 4.69) is 0 Å². The third-order valence-electron chi connectivity index (χ3n) is 4.39. The molecule has 7 nitrogen and oxygen atoms in total. The fourth-order valence-corrected chi connectivity index (χ4v) is 2.60. The first-order valence-electron chi connectivity index (χ1n) is 8.78. The fraction of sp³-hybridized carbons (Fsp3) is 0.333. The molecule has 0 spiro atoms. The van der Waals surface area contributed by atoms with E-state index in [1.807, 2.05) is 18.2 Å². The van der Waals surface area contributed by atoms with Crippen molar-refractivity contribution in [2.24, 2.45) is 0 Å². The summed E-state index contributed by atoms with van der Waals surface area (Å²) < 4.78 is 15.5. The standard InChI is InChI=1S/C21H25NO6/c1-14-6-5-7-16(20(14)24)21(25)28-13-19(23)22(2)11-10-15-8-9-17(26-3)18(12-15)27-4/h5-9,12,24H,10-11,13H2,1-4H3. The average Bonchev–Trinajstić information content (AvgIpc) is 2.71. The van der Waals surface area contributed by atoms with E-state index in [1.165, 1.54) is 11.0 Å². The lowest BCUT2D eigenvalue weighted by atomic mass is 10.1. The maximum atomic E-state index is 12.2. The number of esters is 1. The number of ether oxygens (including phenoxy) is 3. The van der Waals surface area contributed by atoms with Gasteiger partial charge in [0.1, 0.15) is 11.3 Å². The summed E-state index contributed by atoms with van der Waals surface area (Å²) >= 11 is 0. The van der Waals surface area contributed by atoms with Crippen LogP contribution in [0.3, 0.4) is 0 Å². The highest BCUT2D eigenvalue weighted by Crippen LogP contribution is 2.27. The average molecular weight is 387 g/mol. The third-order valence-corrected chi connectivity index (χ3v) is 4.39. The number of para-hydroxylation sites is 1. The van der Waals surface area contributed by atoms with Crippen LogP contribution < -0.4 is 9.47 Å². The van der Waals surface area contributed by atoms with Crippen LogP contribution in [0.1, 0.15) is 21.5 Å². The number of carbonyl (C=O) groups is 2. The summed E-state index contributed by atoms with van der Waals surface area (Å²) in [5.74, 6) is 0.0634. The molecule has 0 saturated carbocycles. The quantitative estimate of drug-likeness (QED) is 0.701. The Hall–Kier alpha value is -3.22. The second-order valence-corrected chi connectivity index (χ2v) is 6.30. The van der Waals surface area contributed by atoms with Gasteiger partial charge in [0.15, 0.2) is 18.1 Å². The van der Waals surface area contributed by atoms with E-state index in [0.29, 0.717) is 30.0 Å². The van der Waals surface area contributed by atoms with Crippen molar-refractivity contribution in [2.45, 2.75) is 13.3 Å². The summed E-state index contributed by atoms with van der Waals surface area (Å²) in [7, 11) is 4.78. The van der Waals surface area contributed by atoms with E-state index in [1.54, 1.807) is 40.3 Å². The van der Waals surface area contributed by atoms with Crippen molar-refractivity contribution in [1.29, 1.82) is 0 Å². The molecule has 1 N–H and O–H groups in total. The molecule has 0 atom stereocenters. The number of hydrogen-bond donors (Lipinski definition) is 1. The van der Waals surface area contributed by atoms with Crippen LogP contribution in [-0.4, -0.2) is 56.3 Å². The first kappa shape index (κ1) is 21.1. The van der Waals surface area contributed by atoms with Gasteiger partial charge in [0.2, 0.25) is 0 Å². The minimum Gasteiger partial charge on any atom is -0.507 e. The highest BCUT2D eigenvalue weighted by atomic mass is 16.5. The minimum atomic E-state index is -0.733. The van der Waals surface area contributed by atoms with Gasteiger partial charge in [-0.2, -0.15) is 0 Å². The predicted octanol–water partition coefficient (Wildman–Crippen LogP) is 2.58. The number of carbonyl (C=O) groups excluding carboxylic acids is 2. The maximum Gasteiger partial charge on any atom is 0.342 e. The molecule has 0 radical (unpaired) electrons. The van der Waals surface area contributed by atoms with Gasteiger partial charge in [-0.3, -0.25) is 4.79 Å². The number of likely N-dealkylation sites (N-methyl/N-ethyl adjacent to an activating group) is 1. The number of phenolic OH excluding ortho intramolecular Hbond substituents is 1. The molecule has 1 amide bonds. The smallest absolute Gasteiger partial charge is 0.342 e. The second-order valence-electron chi connectivity index (χ2n) is 6.30. The molecule has 0 unspecified atom stereocenters. The van der Waals surface area contributed by atoms with Crippen LogP contribution in [0, 0.1) is 6.92 Å². The van der Waals surface area contributed by atoms with E-state index < -0.39 is 12.6 Å². The molecule has 0 aliphatic rings. The molecule has 0 aromatic heterocycles. The van der Waals surface area contributed by atoms with Crippen LogP contribution in [0.4, 0.5) is 0 Å². The molecule has 0 fully saturated rings. The van der Waals surface area contributed by atoms with E-state index in [4.69, 9.17) is 14.2 Å². The van der Waals surface area contributed by atoms with Crippen LogP contribution in [0.15, 0.2) is 36.4 Å². The zero-order valence-corrected chi connectivity index (χ0v) is 16.5. The molecule has 0 heterocycles. The second kappa shape index (κ2) is 9.64. The number of rotatable bonds is 8. The first-order chi connectivity index (χ1) is 13.4. The van der Waals surface area contributed by atoms with Crippen LogP contribution >= 0.6 is 0 Å². The highest BCUT2D eigenvalue weighted by Gasteiger charge is 2.17. The fourth-order valence-electron chi connectivity index (χ4n) is 2.60. The highest BCUT2D eigenvalue weighted by molar-refractivity contribution is 5.94. The third kappa shape index (κ3) is 5.16. The van der Waals surface area contributed by atoms with Crippen molar-refractivity contribution in [3.8, 4) is 17.2 Å². The Kier molecular flexibility index (Phi) is 7.26. The van der Waals surface area contributed by atoms with Gasteiger partial charge >= 0.3 is 5.97 Å². The van der Waals surface area contributed by atoms with Gasteiger partial charge in [0, 0.05) is 13.6 Å². The molecule has 2 aromatic carbocycles. The predicted molar refractivity (Wildman–Crippen MR) is 104 cm³/mol. The number of hydrogen-bond acceptors (Lipinski definition) is 6. The minimum absolute atomic E-state index is 0.0424. The number of aryl methyl sites for hydroxylation is 1. The van der Waals surface area contributed by atoms with Gasteiger partial charge in [-0.25, -0.2) is 4.79 Å². The van der Waals surface area contributed by atoms with Gasteiger partial charge in [0.25, 0.3) is 5.91 Å². The van der Waals surface area contributed by atoms with Crippen molar-refractivity contribution in [3.63, 3.8) is 0 Å². The molecule has 0 saturated heterocycles. The van der Waals surface area contributed by atoms with Crippen molar-refractivity contribution in [3.05, 3.63) is 53.1 Å². The van der Waals surface area contributed by atoms with Crippen molar-refractivity contribution in [2.75, 3.05) is 34.4 Å². The number of methoxy groups -OCH3 is 2. The summed E-state index contributed by atoms with van der Waals surface area (Å²) in [6, 6.07) is 10.3. The van der Waals surface area contributed by atoms with Crippen molar-refractivity contribution >= 4 is 11.9 Å². The largest absolute Gasteiger partial charge is 0.507 e. The van der Waals surface area contributed by atoms with Gasteiger partial charge in [-0.15, -0.1) is 0 Å². The Morgan fingerprint density at radius 2 is 1.79 bits per heavy atom. The Bertz CT molecular complexity index is 849. The van der Waals surface area contributed by atoms with E-state index in [-0.39, 0.29) is 17.2 Å². The molecule has 7 heteroatoms. The van der Waals surface area contributed by atoms with Gasteiger partial charge in [-0.05, 0) is 42.7 Å². The molecule has 0 aliphatic heterocycles. The number of amides is 1. The maximum absolute atomic E-state index is 12.2. The Labute approximate surface area is 164 Å². The SMILES string of the molecule is COc1ccc(CCN(C)C(=O)COC(=O)c2cccc(C)c2O)cc1OC. The Balaban J connectivity index is 1.87. The lowest BCUT2D eigenvalue weighted by Crippen LogP contribution is -2.32. The number of phenols is 1. The number of aromatic hydroxyl groups is 1. The Morgan fingerprint density at radius 3 is 2.46 bits per heavy atom. The number of nitrogens with zero attached hydrogens (tertiary/aromatic N) is 1. The summed E-state index contributed by atoms with van der Waals surface area (Å²) in [6.45, 7) is 1.73. The van der Waals surface area contributed by atoms with Gasteiger partial charge in [0.05, 0.1) is 14.2 Å². The monoisotopic (exact) mass is 387 g/mol. The molecule has 0 bridgehead atoms. The molecule has 2 aromatic rings. The van der Waals surface area contributed by atoms with E-state index in [0.717, 1.165) is 5.56 Å². The van der Waals surface area contributed by atoms with Crippen LogP contribution in [0.2, 0.25) is 0 Å². The summed E-state index contributed by atoms with van der Waals surface area (Å²) in [6.07, 6.45) is 0.606. The summed E-state index contributed by atoms with van der Waals surface area (Å²) in [5.41, 5.74) is 1.59. The van der Waals surface area contributed by atoms with Crippen LogP contribution in [0.25, 0.3) is 0 Å².